The van der Waals surface area contributed by atoms with Crippen LogP contribution < -0.4 is 5.73 Å². The summed E-state index contributed by atoms with van der Waals surface area (Å²) >= 11 is 0. The summed E-state index contributed by atoms with van der Waals surface area (Å²) < 4.78 is 20.2. The van der Waals surface area contributed by atoms with E-state index in [1.807, 2.05) is 0 Å². The van der Waals surface area contributed by atoms with Crippen LogP contribution in [0.1, 0.15) is 12.5 Å². The molecule has 3 nitrogen and oxygen atoms in total. The summed E-state index contributed by atoms with van der Waals surface area (Å²) in [6.45, 7) is -0.128. The zero-order valence-electron chi connectivity index (χ0n) is 8.94. The van der Waals surface area contributed by atoms with Gasteiger partial charge in [-0.1, -0.05) is 12.1 Å². The molecule has 1 rings (SSSR count). The van der Waals surface area contributed by atoms with Crippen molar-refractivity contribution < 1.29 is 15.7 Å². The number of aliphatic carboxylic acids is 1. The van der Waals surface area contributed by atoms with E-state index in [9.17, 15) is 9.18 Å². The van der Waals surface area contributed by atoms with Gasteiger partial charge in [-0.15, -0.1) is 12.4 Å². The number of halogens is 2. The number of rotatable bonds is 3. The highest BCUT2D eigenvalue weighted by Crippen LogP contribution is 2.10. The number of carboxylic acids is 1. The van der Waals surface area contributed by atoms with E-state index >= 15 is 0 Å². The Hall–Kier alpha value is -1.13. The molecule has 0 heterocycles. The fraction of sp³-hybridized carbons (Fsp3) is 0.300. The molecule has 1 atom stereocenters. The fourth-order valence-electron chi connectivity index (χ4n) is 1.06. The molecule has 0 unspecified atom stereocenters. The van der Waals surface area contributed by atoms with Crippen LogP contribution in [0, 0.1) is 12.7 Å². The van der Waals surface area contributed by atoms with Crippen molar-refractivity contribution in [1.29, 1.82) is 0 Å². The van der Waals surface area contributed by atoms with E-state index in [1.54, 1.807) is 6.07 Å². The predicted octanol–water partition coefficient (Wildman–Crippen LogP) is 1.51. The molecule has 15 heavy (non-hydrogen) atoms. The summed E-state index contributed by atoms with van der Waals surface area (Å²) in [6.07, 6.45) is 0.0878. The Balaban J connectivity index is 0.00000225. The van der Waals surface area contributed by atoms with Gasteiger partial charge in [0.2, 0.25) is 0 Å². The quantitative estimate of drug-likeness (QED) is 0.833. The Bertz CT molecular complexity index is 376. The molecular weight excluding hydrogens is 221 g/mol. The summed E-state index contributed by atoms with van der Waals surface area (Å²) in [4.78, 5) is 10.5. The maximum Gasteiger partial charge on any atom is 0.320 e. The number of hydrogen-bond donors (Lipinski definition) is 2. The lowest BCUT2D eigenvalue weighted by Crippen LogP contribution is -2.32. The van der Waals surface area contributed by atoms with Crippen molar-refractivity contribution in [2.45, 2.75) is 19.4 Å². The van der Waals surface area contributed by atoms with Crippen LogP contribution >= 0.6 is 12.4 Å². The van der Waals surface area contributed by atoms with E-state index in [0.29, 0.717) is 11.1 Å². The van der Waals surface area contributed by atoms with E-state index in [1.165, 1.54) is 12.1 Å². The first kappa shape index (κ1) is 11.9. The number of aryl methyl sites for hydroxylation is 1. The van der Waals surface area contributed by atoms with Crippen molar-refractivity contribution in [3.63, 3.8) is 0 Å². The van der Waals surface area contributed by atoms with Crippen LogP contribution in [0.5, 0.6) is 0 Å². The van der Waals surface area contributed by atoms with Crippen molar-refractivity contribution in [3.05, 3.63) is 35.1 Å². The van der Waals surface area contributed by atoms with Gasteiger partial charge in [-0.2, -0.15) is 0 Å². The van der Waals surface area contributed by atoms with Gasteiger partial charge < -0.3 is 10.8 Å². The first-order valence-corrected chi connectivity index (χ1v) is 4.09. The Labute approximate surface area is 94.9 Å². The first-order valence-electron chi connectivity index (χ1n) is 4.80. The van der Waals surface area contributed by atoms with Crippen molar-refractivity contribution in [2.24, 2.45) is 5.73 Å². The zero-order valence-corrected chi connectivity index (χ0v) is 8.76. The molecule has 0 bridgehead atoms. The van der Waals surface area contributed by atoms with Gasteiger partial charge in [-0.05, 0) is 30.5 Å². The smallest absolute Gasteiger partial charge is 0.320 e. The lowest BCUT2D eigenvalue weighted by Gasteiger charge is -2.06. The molecule has 1 aromatic carbocycles. The highest BCUT2D eigenvalue weighted by molar-refractivity contribution is 5.85. The van der Waals surface area contributed by atoms with E-state index in [4.69, 9.17) is 12.2 Å². The normalized spacial score (nSPS) is 12.5. The minimum Gasteiger partial charge on any atom is -0.480 e. The van der Waals surface area contributed by atoms with Gasteiger partial charge in [-0.25, -0.2) is 4.39 Å². The van der Waals surface area contributed by atoms with Gasteiger partial charge in [0, 0.05) is 1.37 Å². The van der Waals surface area contributed by atoms with E-state index in [-0.39, 0.29) is 25.7 Å². The van der Waals surface area contributed by atoms with Crippen molar-refractivity contribution in [1.82, 2.24) is 0 Å². The number of nitrogens with two attached hydrogens (primary N) is 1. The van der Waals surface area contributed by atoms with Gasteiger partial charge in [0.05, 0.1) is 0 Å². The van der Waals surface area contributed by atoms with Crippen LogP contribution in [0.2, 0.25) is 0 Å². The molecular formula is C10H13ClFNO2. The van der Waals surface area contributed by atoms with Gasteiger partial charge in [0.15, 0.2) is 0 Å². The minimum absolute atomic E-state index is 0. The molecule has 0 spiro atoms. The summed E-state index contributed by atoms with van der Waals surface area (Å²) in [5.74, 6) is -1.60. The zero-order chi connectivity index (χ0) is 11.4. The molecule has 0 radical (unpaired) electrons. The third-order valence-electron chi connectivity index (χ3n) is 1.89. The molecule has 1 aromatic rings. The molecule has 5 heteroatoms. The fourth-order valence-corrected chi connectivity index (χ4v) is 1.06. The number of hydrogen-bond acceptors (Lipinski definition) is 2. The van der Waals surface area contributed by atoms with Crippen LogP contribution in [-0.4, -0.2) is 17.1 Å². The second-order valence-electron chi connectivity index (χ2n) is 3.07. The van der Waals surface area contributed by atoms with E-state index in [2.05, 4.69) is 0 Å². The molecule has 0 aliphatic carbocycles. The highest BCUT2D eigenvalue weighted by Gasteiger charge is 2.12. The lowest BCUT2D eigenvalue weighted by atomic mass is 10.0. The Morgan fingerprint density at radius 3 is 2.87 bits per heavy atom. The monoisotopic (exact) mass is 234 g/mol. The van der Waals surface area contributed by atoms with Crippen molar-refractivity contribution in [3.8, 4) is 0 Å². The molecule has 0 aliphatic rings. The molecule has 0 aliphatic heterocycles. The second kappa shape index (κ2) is 5.68. The Morgan fingerprint density at radius 2 is 2.40 bits per heavy atom. The third kappa shape index (κ3) is 3.85. The maximum absolute atomic E-state index is 13.2. The topological polar surface area (TPSA) is 63.3 Å². The summed E-state index contributed by atoms with van der Waals surface area (Å²) in [7, 11) is 0. The molecule has 3 N–H and O–H groups in total. The Morgan fingerprint density at radius 1 is 1.73 bits per heavy atom. The first-order chi connectivity index (χ1) is 7.04. The minimum atomic E-state index is -1.11. The SMILES string of the molecule is Cl.[2H]Cc1ccc(C[C@H](N)C(=O)O)cc1F. The highest BCUT2D eigenvalue weighted by atomic mass is 35.5. The van der Waals surface area contributed by atoms with Crippen molar-refractivity contribution >= 4 is 18.4 Å². The van der Waals surface area contributed by atoms with Gasteiger partial charge >= 0.3 is 5.97 Å². The van der Waals surface area contributed by atoms with Crippen molar-refractivity contribution in [2.75, 3.05) is 0 Å². The van der Waals surface area contributed by atoms with Crippen LogP contribution in [-0.2, 0) is 11.2 Å². The molecule has 0 saturated heterocycles. The average molecular weight is 235 g/mol. The second-order valence-corrected chi connectivity index (χ2v) is 3.07. The molecule has 0 amide bonds. The van der Waals surface area contributed by atoms with Crippen LogP contribution in [0.4, 0.5) is 4.39 Å². The standard InChI is InChI=1S/C10H12FNO2.ClH/c1-6-2-3-7(4-8(6)11)5-9(12)10(13)14;/h2-4,9H,5,12H2,1H3,(H,13,14);1H/t9-;/m0./s1/i1D;. The van der Waals surface area contributed by atoms with Gasteiger partial charge in [0.25, 0.3) is 0 Å². The number of benzene rings is 1. The largest absolute Gasteiger partial charge is 0.480 e. The lowest BCUT2D eigenvalue weighted by molar-refractivity contribution is -0.138. The summed E-state index contributed by atoms with van der Waals surface area (Å²) in [6, 6.07) is 3.28. The van der Waals surface area contributed by atoms with Gasteiger partial charge in [0.1, 0.15) is 11.9 Å². The number of carbonyl (C=O) groups is 1. The predicted molar refractivity (Wildman–Crippen MR) is 57.7 cm³/mol. The summed E-state index contributed by atoms with van der Waals surface area (Å²) in [5, 5.41) is 8.56. The summed E-state index contributed by atoms with van der Waals surface area (Å²) in [5.41, 5.74) is 6.13. The van der Waals surface area contributed by atoms with Crippen LogP contribution in [0.15, 0.2) is 18.2 Å². The maximum atomic E-state index is 13.2. The van der Waals surface area contributed by atoms with E-state index < -0.39 is 17.8 Å². The Kier molecular flexibility index (Phi) is 4.52. The van der Waals surface area contributed by atoms with Crippen LogP contribution in [0.3, 0.4) is 0 Å². The van der Waals surface area contributed by atoms with Gasteiger partial charge in [-0.3, -0.25) is 4.79 Å². The van der Waals surface area contributed by atoms with Crippen LogP contribution in [0.25, 0.3) is 0 Å². The van der Waals surface area contributed by atoms with E-state index in [0.717, 1.165) is 0 Å². The molecule has 84 valence electrons. The third-order valence-corrected chi connectivity index (χ3v) is 1.89. The number of carboxylic acid groups (broad SMARTS) is 1. The molecule has 0 aromatic heterocycles. The molecule has 0 saturated carbocycles. The average Bonchev–Trinajstić information content (AvgIpc) is 2.18. The molecule has 0 fully saturated rings.